The molecule has 1 heterocycles. The average molecular weight is 451 g/mol. The highest BCUT2D eigenvalue weighted by Crippen LogP contribution is 2.42. The van der Waals surface area contributed by atoms with E-state index in [0.29, 0.717) is 30.5 Å². The first-order valence-corrected chi connectivity index (χ1v) is 11.9. The highest BCUT2D eigenvalue weighted by atomic mass is 19.2. The molecule has 3 atom stereocenters. The Morgan fingerprint density at radius 3 is 2.38 bits per heavy atom. The van der Waals surface area contributed by atoms with Gasteiger partial charge in [0.15, 0.2) is 11.6 Å². The molecule has 2 aliphatic carbocycles. The summed E-state index contributed by atoms with van der Waals surface area (Å²) in [6.07, 6.45) is 8.63. The highest BCUT2D eigenvalue weighted by molar-refractivity contribution is 5.95. The summed E-state index contributed by atoms with van der Waals surface area (Å²) in [6, 6.07) is 0.684. The number of benzene rings is 1. The normalized spacial score (nSPS) is 27.2. The second-order valence-corrected chi connectivity index (χ2v) is 9.66. The monoisotopic (exact) mass is 450 g/mol. The van der Waals surface area contributed by atoms with Gasteiger partial charge in [-0.15, -0.1) is 0 Å². The molecular weight excluding hydrogens is 417 g/mol. The van der Waals surface area contributed by atoms with Crippen molar-refractivity contribution in [1.82, 2.24) is 10.2 Å². The number of carbonyl (C=O) groups is 1. The zero-order valence-corrected chi connectivity index (χ0v) is 18.7. The molecule has 32 heavy (non-hydrogen) atoms. The van der Waals surface area contributed by atoms with Gasteiger partial charge in [0.05, 0.1) is 18.2 Å². The summed E-state index contributed by atoms with van der Waals surface area (Å²) in [6.45, 7) is 2.52. The molecule has 1 aromatic carbocycles. The third-order valence-corrected chi connectivity index (χ3v) is 7.54. The third-order valence-electron chi connectivity index (χ3n) is 7.54. The predicted octanol–water partition coefficient (Wildman–Crippen LogP) is 5.12. The van der Waals surface area contributed by atoms with E-state index in [1.807, 2.05) is 11.8 Å². The molecule has 1 amide bonds. The first-order chi connectivity index (χ1) is 15.3. The molecule has 2 saturated carbocycles. The zero-order chi connectivity index (χ0) is 22.8. The van der Waals surface area contributed by atoms with Crippen LogP contribution in [0.25, 0.3) is 0 Å². The number of nitrogens with one attached hydrogen (secondary N) is 1. The van der Waals surface area contributed by atoms with Crippen molar-refractivity contribution in [3.8, 4) is 0 Å². The Morgan fingerprint density at radius 1 is 1.00 bits per heavy atom. The van der Waals surface area contributed by atoms with E-state index in [-0.39, 0.29) is 23.9 Å². The van der Waals surface area contributed by atoms with Crippen molar-refractivity contribution in [2.45, 2.75) is 89.3 Å². The maximum absolute atomic E-state index is 14.7. The Morgan fingerprint density at radius 2 is 1.66 bits per heavy atom. The van der Waals surface area contributed by atoms with Crippen LogP contribution < -0.4 is 5.32 Å². The number of aliphatic hydroxyl groups excluding tert-OH is 1. The number of carbonyl (C=O) groups excluding carboxylic acids is 1. The summed E-state index contributed by atoms with van der Waals surface area (Å²) < 4.78 is 42.3. The van der Waals surface area contributed by atoms with Gasteiger partial charge >= 0.3 is 0 Å². The summed E-state index contributed by atoms with van der Waals surface area (Å²) in [5, 5.41) is 13.2. The fraction of sp³-hybridized carbons (Fsp3) is 0.640. The lowest BCUT2D eigenvalue weighted by molar-refractivity contribution is -0.119. The lowest BCUT2D eigenvalue weighted by Crippen LogP contribution is -2.45. The fourth-order valence-electron chi connectivity index (χ4n) is 5.63. The second-order valence-electron chi connectivity index (χ2n) is 9.66. The van der Waals surface area contributed by atoms with Crippen molar-refractivity contribution in [3.63, 3.8) is 0 Å². The molecule has 0 aromatic heterocycles. The number of aliphatic hydroxyl groups is 1. The topological polar surface area (TPSA) is 52.6 Å². The molecule has 0 bridgehead atoms. The molecule has 0 radical (unpaired) electrons. The minimum atomic E-state index is -1.21. The minimum absolute atomic E-state index is 0.0829. The summed E-state index contributed by atoms with van der Waals surface area (Å²) in [5.41, 5.74) is 1.37. The molecule has 2 fully saturated rings. The number of hydrogen-bond acceptors (Lipinski definition) is 3. The molecule has 1 unspecified atom stereocenters. The van der Waals surface area contributed by atoms with E-state index in [0.717, 1.165) is 56.7 Å². The van der Waals surface area contributed by atoms with E-state index in [9.17, 15) is 23.1 Å². The largest absolute Gasteiger partial charge is 0.391 e. The molecule has 0 saturated heterocycles. The Labute approximate surface area is 187 Å². The molecule has 176 valence electrons. The van der Waals surface area contributed by atoms with Crippen LogP contribution in [0.4, 0.5) is 13.2 Å². The van der Waals surface area contributed by atoms with Crippen LogP contribution in [0.15, 0.2) is 23.4 Å². The van der Waals surface area contributed by atoms with Crippen molar-refractivity contribution >= 4 is 5.91 Å². The first-order valence-electron chi connectivity index (χ1n) is 11.9. The van der Waals surface area contributed by atoms with Crippen molar-refractivity contribution in [2.75, 3.05) is 6.54 Å². The van der Waals surface area contributed by atoms with Crippen LogP contribution in [0.1, 0.15) is 82.7 Å². The lowest BCUT2D eigenvalue weighted by Gasteiger charge is -2.34. The molecular formula is C25H33F3N2O2. The number of hydrogen-bond donors (Lipinski definition) is 2. The van der Waals surface area contributed by atoms with Gasteiger partial charge in [-0.25, -0.2) is 13.2 Å². The van der Waals surface area contributed by atoms with Gasteiger partial charge in [0.1, 0.15) is 5.82 Å². The van der Waals surface area contributed by atoms with E-state index < -0.39 is 29.6 Å². The van der Waals surface area contributed by atoms with Crippen molar-refractivity contribution in [1.29, 1.82) is 0 Å². The van der Waals surface area contributed by atoms with E-state index >= 15 is 0 Å². The molecule has 1 aliphatic heterocycles. The third kappa shape index (κ3) is 4.82. The smallest absolute Gasteiger partial charge is 0.249 e. The Balaban J connectivity index is 1.60. The van der Waals surface area contributed by atoms with Crippen LogP contribution in [-0.4, -0.2) is 34.6 Å². The van der Waals surface area contributed by atoms with Gasteiger partial charge in [-0.3, -0.25) is 4.79 Å². The SMILES string of the molecule is CC1=C(C(=O)N[C@H]2CCCC[C@@H]2O)CC(c2cc(F)c(F)cc2F)N1CC1CCCCC1. The van der Waals surface area contributed by atoms with Crippen LogP contribution in [0.2, 0.25) is 0 Å². The predicted molar refractivity (Wildman–Crippen MR) is 116 cm³/mol. The number of rotatable bonds is 5. The average Bonchev–Trinajstić information content (AvgIpc) is 3.09. The summed E-state index contributed by atoms with van der Waals surface area (Å²) >= 11 is 0. The van der Waals surface area contributed by atoms with Crippen LogP contribution in [0.5, 0.6) is 0 Å². The van der Waals surface area contributed by atoms with Gasteiger partial charge in [-0.05, 0) is 44.6 Å². The lowest BCUT2D eigenvalue weighted by atomic mass is 9.88. The van der Waals surface area contributed by atoms with E-state index in [1.165, 1.54) is 6.42 Å². The molecule has 7 heteroatoms. The van der Waals surface area contributed by atoms with Gasteiger partial charge in [0.2, 0.25) is 5.91 Å². The Kier molecular flexibility index (Phi) is 7.13. The van der Waals surface area contributed by atoms with Gasteiger partial charge in [0, 0.05) is 35.9 Å². The van der Waals surface area contributed by atoms with Crippen LogP contribution in [0, 0.1) is 23.4 Å². The maximum atomic E-state index is 14.7. The highest BCUT2D eigenvalue weighted by Gasteiger charge is 2.38. The van der Waals surface area contributed by atoms with Gasteiger partial charge in [0.25, 0.3) is 0 Å². The molecule has 0 spiro atoms. The van der Waals surface area contributed by atoms with Crippen LogP contribution in [-0.2, 0) is 4.79 Å². The van der Waals surface area contributed by atoms with E-state index in [2.05, 4.69) is 5.32 Å². The van der Waals surface area contributed by atoms with Gasteiger partial charge in [-0.2, -0.15) is 0 Å². The van der Waals surface area contributed by atoms with Crippen LogP contribution in [0.3, 0.4) is 0 Å². The number of amides is 1. The standard InChI is InChI=1S/C25H33F3N2O2/c1-15-17(25(32)29-22-9-5-6-10-24(22)31)12-23(18-11-20(27)21(28)13-19(18)26)30(15)14-16-7-3-2-4-8-16/h11,13,16,22-24,31H,2-10,12,14H2,1H3,(H,29,32)/t22-,23?,24-/m0/s1. The summed E-state index contributed by atoms with van der Waals surface area (Å²) in [4.78, 5) is 15.2. The summed E-state index contributed by atoms with van der Waals surface area (Å²) in [5.74, 6) is -2.92. The van der Waals surface area contributed by atoms with E-state index in [4.69, 9.17) is 0 Å². The minimum Gasteiger partial charge on any atom is -0.391 e. The molecule has 3 aliphatic rings. The quantitative estimate of drug-likeness (QED) is 0.612. The molecule has 2 N–H and O–H groups in total. The fourth-order valence-corrected chi connectivity index (χ4v) is 5.63. The van der Waals surface area contributed by atoms with Gasteiger partial charge < -0.3 is 15.3 Å². The molecule has 4 rings (SSSR count). The Bertz CT molecular complexity index is 882. The van der Waals surface area contributed by atoms with Crippen molar-refractivity contribution in [2.24, 2.45) is 5.92 Å². The number of allylic oxidation sites excluding steroid dienone is 1. The second kappa shape index (κ2) is 9.86. The van der Waals surface area contributed by atoms with Crippen molar-refractivity contribution in [3.05, 3.63) is 46.4 Å². The van der Waals surface area contributed by atoms with Gasteiger partial charge in [-0.1, -0.05) is 32.1 Å². The van der Waals surface area contributed by atoms with Crippen molar-refractivity contribution < 1.29 is 23.1 Å². The maximum Gasteiger partial charge on any atom is 0.249 e. The molecule has 1 aromatic rings. The summed E-state index contributed by atoms with van der Waals surface area (Å²) in [7, 11) is 0. The van der Waals surface area contributed by atoms with Crippen LogP contribution >= 0.6 is 0 Å². The Hall–Kier alpha value is -2.02. The first kappa shape index (κ1) is 23.1. The molecule has 4 nitrogen and oxygen atoms in total. The number of nitrogens with zero attached hydrogens (tertiary/aromatic N) is 1. The number of halogens is 3. The zero-order valence-electron chi connectivity index (χ0n) is 18.7. The van der Waals surface area contributed by atoms with E-state index in [1.54, 1.807) is 0 Å².